The number of nitrogens with two attached hydrogens (primary N) is 1. The van der Waals surface area contributed by atoms with Crippen molar-refractivity contribution in [3.8, 4) is 0 Å². The van der Waals surface area contributed by atoms with Gasteiger partial charge in [-0.1, -0.05) is 18.2 Å². The molecular formula is C15H17N3O3. The zero-order valence-corrected chi connectivity index (χ0v) is 11.5. The van der Waals surface area contributed by atoms with Gasteiger partial charge in [0.05, 0.1) is 5.92 Å². The summed E-state index contributed by atoms with van der Waals surface area (Å²) < 4.78 is 0. The van der Waals surface area contributed by atoms with Crippen LogP contribution >= 0.6 is 0 Å². The van der Waals surface area contributed by atoms with Gasteiger partial charge in [-0.3, -0.25) is 19.7 Å². The van der Waals surface area contributed by atoms with Gasteiger partial charge in [0.15, 0.2) is 0 Å². The lowest BCUT2D eigenvalue weighted by Crippen LogP contribution is -2.54. The third kappa shape index (κ3) is 2.37. The van der Waals surface area contributed by atoms with Crippen LogP contribution in [-0.2, 0) is 14.4 Å². The summed E-state index contributed by atoms with van der Waals surface area (Å²) in [5.41, 5.74) is 7.20. The lowest BCUT2D eigenvalue weighted by Gasteiger charge is -2.40. The average Bonchev–Trinajstić information content (AvgIpc) is 2.46. The Morgan fingerprint density at radius 3 is 2.71 bits per heavy atom. The lowest BCUT2D eigenvalue weighted by molar-refractivity contribution is -0.134. The molecule has 3 amide bonds. The number of anilines is 1. The van der Waals surface area contributed by atoms with Gasteiger partial charge in [-0.05, 0) is 24.5 Å². The maximum absolute atomic E-state index is 12.1. The van der Waals surface area contributed by atoms with E-state index in [4.69, 9.17) is 5.73 Å². The van der Waals surface area contributed by atoms with E-state index in [0.717, 1.165) is 11.3 Å². The van der Waals surface area contributed by atoms with E-state index in [0.29, 0.717) is 25.8 Å². The van der Waals surface area contributed by atoms with Crippen molar-refractivity contribution in [2.24, 2.45) is 5.73 Å². The quantitative estimate of drug-likeness (QED) is 0.764. The van der Waals surface area contributed by atoms with Crippen molar-refractivity contribution in [2.75, 3.05) is 11.4 Å². The molecule has 3 rings (SSSR count). The number of imide groups is 1. The summed E-state index contributed by atoms with van der Waals surface area (Å²) in [5.74, 6) is -1.15. The second-order valence-electron chi connectivity index (χ2n) is 5.46. The molecule has 0 radical (unpaired) electrons. The highest BCUT2D eigenvalue weighted by Gasteiger charge is 2.37. The van der Waals surface area contributed by atoms with Crippen LogP contribution in [0.2, 0.25) is 0 Å². The first-order valence-corrected chi connectivity index (χ1v) is 7.06. The van der Waals surface area contributed by atoms with Gasteiger partial charge in [-0.2, -0.15) is 0 Å². The number of nitrogens with zero attached hydrogens (tertiary/aromatic N) is 1. The standard InChI is InChI=1S/C15H17N3O3/c16-14(20)10-7-8-18(11-4-2-1-3-9(10)11)12-5-6-13(19)17-15(12)21/h1-4,10,12H,5-8H2,(H2,16,20)(H,17,19,21)/t10?,12-/m0/s1. The van der Waals surface area contributed by atoms with Gasteiger partial charge in [0.1, 0.15) is 6.04 Å². The molecule has 1 aromatic carbocycles. The van der Waals surface area contributed by atoms with Gasteiger partial charge >= 0.3 is 0 Å². The first kappa shape index (κ1) is 13.6. The highest BCUT2D eigenvalue weighted by Crippen LogP contribution is 2.37. The fourth-order valence-corrected chi connectivity index (χ4v) is 3.19. The van der Waals surface area contributed by atoms with Gasteiger partial charge in [0.2, 0.25) is 17.7 Å². The Morgan fingerprint density at radius 2 is 2.00 bits per heavy atom. The van der Waals surface area contributed by atoms with Crippen LogP contribution in [0.1, 0.15) is 30.7 Å². The Labute approximate surface area is 122 Å². The number of benzene rings is 1. The molecule has 2 atom stereocenters. The van der Waals surface area contributed by atoms with Gasteiger partial charge in [-0.15, -0.1) is 0 Å². The van der Waals surface area contributed by atoms with E-state index < -0.39 is 0 Å². The first-order valence-electron chi connectivity index (χ1n) is 7.06. The Hall–Kier alpha value is -2.37. The molecule has 2 aliphatic rings. The van der Waals surface area contributed by atoms with E-state index in [9.17, 15) is 14.4 Å². The Kier molecular flexibility index (Phi) is 3.37. The van der Waals surface area contributed by atoms with Crippen molar-refractivity contribution in [3.05, 3.63) is 29.8 Å². The lowest BCUT2D eigenvalue weighted by atomic mass is 9.87. The minimum atomic E-state index is -0.363. The molecule has 0 saturated carbocycles. The fourth-order valence-electron chi connectivity index (χ4n) is 3.19. The smallest absolute Gasteiger partial charge is 0.249 e. The van der Waals surface area contributed by atoms with Crippen molar-refractivity contribution in [1.82, 2.24) is 5.32 Å². The number of amides is 3. The maximum atomic E-state index is 12.1. The van der Waals surface area contributed by atoms with Crippen molar-refractivity contribution in [2.45, 2.75) is 31.2 Å². The zero-order chi connectivity index (χ0) is 15.0. The number of carbonyl (C=O) groups is 3. The van der Waals surface area contributed by atoms with E-state index in [2.05, 4.69) is 5.32 Å². The summed E-state index contributed by atoms with van der Waals surface area (Å²) in [7, 11) is 0. The number of carbonyl (C=O) groups excluding carboxylic acids is 3. The van der Waals surface area contributed by atoms with E-state index in [1.54, 1.807) is 0 Å². The monoisotopic (exact) mass is 287 g/mol. The largest absolute Gasteiger partial charge is 0.369 e. The molecule has 0 spiro atoms. The summed E-state index contributed by atoms with van der Waals surface area (Å²) in [6.45, 7) is 0.580. The number of nitrogens with one attached hydrogen (secondary N) is 1. The molecule has 110 valence electrons. The normalized spacial score (nSPS) is 25.2. The third-order valence-electron chi connectivity index (χ3n) is 4.21. The van der Waals surface area contributed by atoms with E-state index in [1.165, 1.54) is 0 Å². The van der Waals surface area contributed by atoms with Crippen LogP contribution in [0.3, 0.4) is 0 Å². The molecule has 2 aliphatic heterocycles. The van der Waals surface area contributed by atoms with Crippen molar-refractivity contribution < 1.29 is 14.4 Å². The second kappa shape index (κ2) is 5.20. The number of primary amides is 1. The molecule has 0 aliphatic carbocycles. The number of piperidine rings is 1. The van der Waals surface area contributed by atoms with E-state index in [1.807, 2.05) is 29.2 Å². The molecule has 2 heterocycles. The van der Waals surface area contributed by atoms with Crippen LogP contribution in [0.25, 0.3) is 0 Å². The molecule has 1 unspecified atom stereocenters. The summed E-state index contributed by atoms with van der Waals surface area (Å²) in [6.07, 6.45) is 1.43. The van der Waals surface area contributed by atoms with E-state index >= 15 is 0 Å². The number of fused-ring (bicyclic) bond motifs is 1. The summed E-state index contributed by atoms with van der Waals surface area (Å²) >= 11 is 0. The van der Waals surface area contributed by atoms with Crippen LogP contribution in [0.5, 0.6) is 0 Å². The predicted octanol–water partition coefficient (Wildman–Crippen LogP) is 0.271. The Morgan fingerprint density at radius 1 is 1.24 bits per heavy atom. The molecule has 0 aromatic heterocycles. The van der Waals surface area contributed by atoms with Crippen molar-refractivity contribution in [1.29, 1.82) is 0 Å². The third-order valence-corrected chi connectivity index (χ3v) is 4.21. The first-order chi connectivity index (χ1) is 10.1. The van der Waals surface area contributed by atoms with E-state index in [-0.39, 0.29) is 29.7 Å². The molecule has 1 saturated heterocycles. The SMILES string of the molecule is NC(=O)C1CCN([C@H]2CCC(=O)NC2=O)c2ccccc21. The van der Waals surface area contributed by atoms with Crippen molar-refractivity contribution in [3.63, 3.8) is 0 Å². The fraction of sp³-hybridized carbons (Fsp3) is 0.400. The number of hydrogen-bond donors (Lipinski definition) is 2. The topological polar surface area (TPSA) is 92.5 Å². The molecule has 6 nitrogen and oxygen atoms in total. The van der Waals surface area contributed by atoms with Crippen molar-refractivity contribution >= 4 is 23.4 Å². The highest BCUT2D eigenvalue weighted by atomic mass is 16.2. The molecule has 21 heavy (non-hydrogen) atoms. The van der Waals surface area contributed by atoms with Gasteiger partial charge in [0, 0.05) is 18.7 Å². The Bertz CT molecular complexity index is 614. The minimum absolute atomic E-state index is 0.225. The van der Waals surface area contributed by atoms with Crippen LogP contribution in [0.15, 0.2) is 24.3 Å². The second-order valence-corrected chi connectivity index (χ2v) is 5.46. The minimum Gasteiger partial charge on any atom is -0.369 e. The highest BCUT2D eigenvalue weighted by molar-refractivity contribution is 6.02. The molecule has 1 fully saturated rings. The number of hydrogen-bond acceptors (Lipinski definition) is 4. The molecular weight excluding hydrogens is 270 g/mol. The van der Waals surface area contributed by atoms with Gasteiger partial charge in [0.25, 0.3) is 0 Å². The van der Waals surface area contributed by atoms with Crippen LogP contribution in [0.4, 0.5) is 5.69 Å². The molecule has 1 aromatic rings. The summed E-state index contributed by atoms with van der Waals surface area (Å²) in [6, 6.07) is 7.15. The molecule has 6 heteroatoms. The van der Waals surface area contributed by atoms with Crippen LogP contribution in [0, 0.1) is 0 Å². The van der Waals surface area contributed by atoms with Crippen LogP contribution in [-0.4, -0.2) is 30.3 Å². The Balaban J connectivity index is 1.94. The average molecular weight is 287 g/mol. The molecule has 3 N–H and O–H groups in total. The zero-order valence-electron chi connectivity index (χ0n) is 11.5. The maximum Gasteiger partial charge on any atom is 0.249 e. The van der Waals surface area contributed by atoms with Crippen LogP contribution < -0.4 is 16.0 Å². The van der Waals surface area contributed by atoms with Gasteiger partial charge in [-0.25, -0.2) is 0 Å². The van der Waals surface area contributed by atoms with Gasteiger partial charge < -0.3 is 10.6 Å². The predicted molar refractivity (Wildman–Crippen MR) is 76.5 cm³/mol. The molecule has 0 bridgehead atoms. The number of rotatable bonds is 2. The summed E-state index contributed by atoms with van der Waals surface area (Å²) in [4.78, 5) is 36.9. The number of para-hydroxylation sites is 1. The summed E-state index contributed by atoms with van der Waals surface area (Å²) in [5, 5.41) is 2.38.